The number of rotatable bonds is 17. The highest BCUT2D eigenvalue weighted by molar-refractivity contribution is 5.73. The normalized spacial score (nSPS) is 10.5. The van der Waals surface area contributed by atoms with Crippen molar-refractivity contribution in [3.63, 3.8) is 0 Å². The number of nitrogens with two attached hydrogens (primary N) is 1. The second-order valence-electron chi connectivity index (χ2n) is 6.68. The second-order valence-corrected chi connectivity index (χ2v) is 6.68. The van der Waals surface area contributed by atoms with Crippen molar-refractivity contribution in [3.05, 3.63) is 0 Å². The molecule has 0 aliphatic heterocycles. The van der Waals surface area contributed by atoms with Crippen LogP contribution in [0.4, 0.5) is 0 Å². The van der Waals surface area contributed by atoms with Crippen LogP contribution in [0.5, 0.6) is 0 Å². The molecule has 0 aromatic heterocycles. The highest BCUT2D eigenvalue weighted by Crippen LogP contribution is 2.05. The zero-order chi connectivity index (χ0) is 26.2. The van der Waals surface area contributed by atoms with E-state index in [1.165, 1.54) is 0 Å². The molecule has 0 saturated carbocycles. The molecule has 33 heavy (non-hydrogen) atoms. The summed E-state index contributed by atoms with van der Waals surface area (Å²) in [4.78, 5) is 59.8. The van der Waals surface area contributed by atoms with Gasteiger partial charge in [-0.25, -0.2) is 0 Å². The molecule has 0 aliphatic carbocycles. The highest BCUT2D eigenvalue weighted by atomic mass is 16.4. The van der Waals surface area contributed by atoms with Gasteiger partial charge in [0.1, 0.15) is 6.04 Å². The van der Waals surface area contributed by atoms with Crippen LogP contribution in [0.25, 0.3) is 0 Å². The Morgan fingerprint density at radius 3 is 1.15 bits per heavy atom. The molecule has 0 spiro atoms. The minimum atomic E-state index is -1.06. The molecule has 1 atom stereocenters. The van der Waals surface area contributed by atoms with Gasteiger partial charge in [-0.3, -0.25) is 34.1 Å². The maximum atomic E-state index is 10.2. The van der Waals surface area contributed by atoms with E-state index in [-0.39, 0.29) is 32.4 Å². The fourth-order valence-electron chi connectivity index (χ4n) is 1.95. The van der Waals surface area contributed by atoms with Crippen molar-refractivity contribution in [2.75, 3.05) is 13.1 Å². The lowest BCUT2D eigenvalue weighted by molar-refractivity contribution is -0.139. The monoisotopic (exact) mass is 482 g/mol. The molecular weight excluding hydrogens is 448 g/mol. The summed E-state index contributed by atoms with van der Waals surface area (Å²) in [5.41, 5.74) is 5.19. The van der Waals surface area contributed by atoms with Crippen LogP contribution in [0.15, 0.2) is 0 Å². The minimum Gasteiger partial charge on any atom is -0.481 e. The summed E-state index contributed by atoms with van der Waals surface area (Å²) >= 11 is 0. The van der Waals surface area contributed by atoms with Crippen LogP contribution < -0.4 is 11.1 Å². The number of carboxylic acid groups (broad SMARTS) is 6. The predicted octanol–water partition coefficient (Wildman–Crippen LogP) is 0.285. The summed E-state index contributed by atoms with van der Waals surface area (Å²) < 4.78 is 0. The molecule has 0 aromatic carbocycles. The van der Waals surface area contributed by atoms with Gasteiger partial charge in [0, 0.05) is 19.3 Å². The number of unbranched alkanes of at least 4 members (excludes halogenated alkanes) is 4. The van der Waals surface area contributed by atoms with Gasteiger partial charge in [-0.2, -0.15) is 0 Å². The Labute approximate surface area is 190 Å². The van der Waals surface area contributed by atoms with Crippen molar-refractivity contribution in [3.8, 4) is 0 Å². The summed E-state index contributed by atoms with van der Waals surface area (Å²) in [7, 11) is 0. The lowest BCUT2D eigenvalue weighted by Crippen LogP contribution is -2.29. The predicted molar refractivity (Wildman–Crippen MR) is 113 cm³/mol. The molecule has 0 amide bonds. The Hall–Kier alpha value is -3.26. The van der Waals surface area contributed by atoms with Crippen LogP contribution in [0.1, 0.15) is 64.2 Å². The Bertz CT molecular complexity index is 578. The Kier molecular flexibility index (Phi) is 24.4. The topological polar surface area (TPSA) is 262 Å². The fraction of sp³-hybridized carbons (Fsp3) is 0.684. The van der Waals surface area contributed by atoms with Gasteiger partial charge in [0.05, 0.1) is 13.1 Å². The first-order valence-corrected chi connectivity index (χ1v) is 10.1. The Morgan fingerprint density at radius 2 is 0.879 bits per heavy atom. The zero-order valence-electron chi connectivity index (χ0n) is 18.3. The van der Waals surface area contributed by atoms with Crippen LogP contribution in [-0.4, -0.2) is 85.6 Å². The standard InChI is InChI=1S/C8H14O4.C7H13NO4.C4H7NO4/c9-7(10)5-3-1-2-4-6-8(11)12;8-5(7(11)12)3-1-2-4-6(9)10;6-3(7)1-5-2-4(8)9/h1-6H2,(H,9,10)(H,11,12);5H,1-4,8H2,(H,9,10)(H,11,12);5H,1-2H2,(H,6,7)(H,8,9). The third-order valence-electron chi connectivity index (χ3n) is 3.56. The van der Waals surface area contributed by atoms with Gasteiger partial charge in [-0.05, 0) is 25.7 Å². The SMILES string of the molecule is NC(CCCCC(=O)O)C(=O)O.O=C(O)CCCCCCC(=O)O.O=C(O)CNCC(=O)O. The third-order valence-corrected chi connectivity index (χ3v) is 3.56. The van der Waals surface area contributed by atoms with Gasteiger partial charge in [0.2, 0.25) is 0 Å². The van der Waals surface area contributed by atoms with Gasteiger partial charge in [-0.1, -0.05) is 19.3 Å². The summed E-state index contributed by atoms with van der Waals surface area (Å²) in [6.45, 7) is -0.626. The van der Waals surface area contributed by atoms with Gasteiger partial charge < -0.3 is 36.4 Å². The molecule has 14 nitrogen and oxygen atoms in total. The number of hydrogen-bond donors (Lipinski definition) is 8. The van der Waals surface area contributed by atoms with Crippen molar-refractivity contribution in [1.82, 2.24) is 5.32 Å². The molecular formula is C19H34N2O12. The van der Waals surface area contributed by atoms with E-state index in [2.05, 4.69) is 5.32 Å². The quantitative estimate of drug-likeness (QED) is 0.129. The number of nitrogens with one attached hydrogen (secondary N) is 1. The van der Waals surface area contributed by atoms with E-state index in [0.29, 0.717) is 32.1 Å². The molecule has 0 bridgehead atoms. The van der Waals surface area contributed by atoms with Crippen LogP contribution >= 0.6 is 0 Å². The summed E-state index contributed by atoms with van der Waals surface area (Å²) in [6.07, 6.45) is 4.72. The molecule has 0 aliphatic rings. The lowest BCUT2D eigenvalue weighted by Gasteiger charge is -2.03. The highest BCUT2D eigenvalue weighted by Gasteiger charge is 2.10. The van der Waals surface area contributed by atoms with Gasteiger partial charge in [0.25, 0.3) is 0 Å². The molecule has 14 heteroatoms. The smallest absolute Gasteiger partial charge is 0.320 e. The average molecular weight is 482 g/mol. The van der Waals surface area contributed by atoms with Crippen molar-refractivity contribution < 1.29 is 59.4 Å². The van der Waals surface area contributed by atoms with Gasteiger partial charge in [0.15, 0.2) is 0 Å². The lowest BCUT2D eigenvalue weighted by atomic mass is 10.1. The van der Waals surface area contributed by atoms with E-state index in [1.807, 2.05) is 0 Å². The van der Waals surface area contributed by atoms with E-state index in [1.54, 1.807) is 0 Å². The Balaban J connectivity index is -0.000000414. The van der Waals surface area contributed by atoms with Gasteiger partial charge >= 0.3 is 35.8 Å². The molecule has 0 fully saturated rings. The molecule has 192 valence electrons. The largest absolute Gasteiger partial charge is 0.481 e. The van der Waals surface area contributed by atoms with E-state index in [0.717, 1.165) is 12.8 Å². The van der Waals surface area contributed by atoms with E-state index in [9.17, 15) is 28.8 Å². The number of carboxylic acids is 6. The first-order chi connectivity index (χ1) is 15.3. The van der Waals surface area contributed by atoms with Crippen LogP contribution in [0.3, 0.4) is 0 Å². The van der Waals surface area contributed by atoms with E-state index >= 15 is 0 Å². The molecule has 0 rings (SSSR count). The first kappa shape index (κ1) is 34.4. The fourth-order valence-corrected chi connectivity index (χ4v) is 1.95. The van der Waals surface area contributed by atoms with E-state index in [4.69, 9.17) is 36.4 Å². The average Bonchev–Trinajstić information content (AvgIpc) is 2.67. The summed E-state index contributed by atoms with van der Waals surface area (Å²) in [5.74, 6) is -5.59. The Morgan fingerprint density at radius 1 is 0.545 bits per heavy atom. The van der Waals surface area contributed by atoms with E-state index < -0.39 is 41.9 Å². The van der Waals surface area contributed by atoms with Crippen molar-refractivity contribution in [2.24, 2.45) is 5.73 Å². The van der Waals surface area contributed by atoms with Gasteiger partial charge in [-0.15, -0.1) is 0 Å². The van der Waals surface area contributed by atoms with Crippen molar-refractivity contribution in [2.45, 2.75) is 70.3 Å². The molecule has 0 saturated heterocycles. The maximum Gasteiger partial charge on any atom is 0.320 e. The van der Waals surface area contributed by atoms with Crippen LogP contribution in [0.2, 0.25) is 0 Å². The molecule has 0 radical (unpaired) electrons. The number of hydrogen-bond acceptors (Lipinski definition) is 8. The molecule has 0 heterocycles. The summed E-state index contributed by atoms with van der Waals surface area (Å²) in [6, 6.07) is -0.862. The zero-order valence-corrected chi connectivity index (χ0v) is 18.3. The molecule has 0 aromatic rings. The summed E-state index contributed by atoms with van der Waals surface area (Å²) in [5, 5.41) is 51.2. The van der Waals surface area contributed by atoms with Crippen molar-refractivity contribution in [1.29, 1.82) is 0 Å². The maximum absolute atomic E-state index is 10.2. The van der Waals surface area contributed by atoms with Crippen LogP contribution in [-0.2, 0) is 28.8 Å². The first-order valence-electron chi connectivity index (χ1n) is 10.1. The van der Waals surface area contributed by atoms with Crippen LogP contribution in [0, 0.1) is 0 Å². The second kappa shape index (κ2) is 23.4. The van der Waals surface area contributed by atoms with Crippen molar-refractivity contribution >= 4 is 35.8 Å². The minimum absolute atomic E-state index is 0.0757. The molecule has 1 unspecified atom stereocenters. The molecule has 9 N–H and O–H groups in total. The number of aliphatic carboxylic acids is 6. The number of carbonyl (C=O) groups is 6. The third kappa shape index (κ3) is 39.7.